The number of thiophene rings is 1. The Morgan fingerprint density at radius 2 is 2.07 bits per heavy atom. The van der Waals surface area contributed by atoms with Crippen LogP contribution in [0, 0.1) is 12.1 Å². The molecule has 27 heavy (non-hydrogen) atoms. The Hall–Kier alpha value is -2.82. The lowest BCUT2D eigenvalue weighted by molar-refractivity contribution is -0.141. The van der Waals surface area contributed by atoms with Crippen LogP contribution >= 0.6 is 11.3 Å². The normalized spacial score (nSPS) is 12.1. The minimum absolute atomic E-state index is 0.0781. The van der Waals surface area contributed by atoms with Crippen molar-refractivity contribution in [2.75, 3.05) is 5.43 Å². The molecular weight excluding hydrogens is 384 g/mol. The van der Waals surface area contributed by atoms with Gasteiger partial charge >= 0.3 is 6.18 Å². The van der Waals surface area contributed by atoms with Crippen LogP contribution < -0.4 is 5.43 Å². The van der Waals surface area contributed by atoms with Crippen molar-refractivity contribution < 1.29 is 17.6 Å². The van der Waals surface area contributed by atoms with Crippen LogP contribution in [0.3, 0.4) is 0 Å². The SMILES string of the molecule is CCn1ncc(-c2cc(C(F)(F)F)nc(N/N=C\c3ccc(F)s3)n2)c1C. The monoisotopic (exact) mass is 398 g/mol. The second kappa shape index (κ2) is 7.43. The van der Waals surface area contributed by atoms with E-state index in [2.05, 4.69) is 25.6 Å². The van der Waals surface area contributed by atoms with Crippen LogP contribution in [0.25, 0.3) is 11.3 Å². The van der Waals surface area contributed by atoms with Crippen LogP contribution in [0.1, 0.15) is 23.2 Å². The van der Waals surface area contributed by atoms with Gasteiger partial charge in [0, 0.05) is 17.8 Å². The summed E-state index contributed by atoms with van der Waals surface area (Å²) in [4.78, 5) is 8.06. The molecule has 0 saturated heterocycles. The van der Waals surface area contributed by atoms with Crippen molar-refractivity contribution in [3.8, 4) is 11.3 Å². The smallest absolute Gasteiger partial charge is 0.269 e. The molecule has 11 heteroatoms. The number of hydrazone groups is 1. The van der Waals surface area contributed by atoms with Crippen molar-refractivity contribution in [2.45, 2.75) is 26.6 Å². The summed E-state index contributed by atoms with van der Waals surface area (Å²) in [5, 5.41) is 7.52. The summed E-state index contributed by atoms with van der Waals surface area (Å²) in [6, 6.07) is 3.62. The van der Waals surface area contributed by atoms with Crippen molar-refractivity contribution in [1.29, 1.82) is 0 Å². The molecule has 0 amide bonds. The number of aryl methyl sites for hydroxylation is 1. The summed E-state index contributed by atoms with van der Waals surface area (Å²) in [6.07, 6.45) is -1.91. The van der Waals surface area contributed by atoms with E-state index in [4.69, 9.17) is 0 Å². The van der Waals surface area contributed by atoms with Gasteiger partial charge < -0.3 is 0 Å². The summed E-state index contributed by atoms with van der Waals surface area (Å²) < 4.78 is 54.2. The lowest BCUT2D eigenvalue weighted by atomic mass is 10.1. The minimum Gasteiger partial charge on any atom is -0.269 e. The first-order chi connectivity index (χ1) is 12.8. The number of aromatic nitrogens is 4. The largest absolute Gasteiger partial charge is 0.433 e. The van der Waals surface area contributed by atoms with Crippen molar-refractivity contribution in [3.63, 3.8) is 0 Å². The quantitative estimate of drug-likeness (QED) is 0.395. The molecule has 6 nitrogen and oxygen atoms in total. The zero-order valence-electron chi connectivity index (χ0n) is 14.3. The fourth-order valence-corrected chi connectivity index (χ4v) is 2.95. The average Bonchev–Trinajstić information content (AvgIpc) is 3.19. The highest BCUT2D eigenvalue weighted by Crippen LogP contribution is 2.32. The van der Waals surface area contributed by atoms with Crippen LogP contribution in [0.5, 0.6) is 0 Å². The van der Waals surface area contributed by atoms with Gasteiger partial charge in [-0.3, -0.25) is 4.68 Å². The van der Waals surface area contributed by atoms with E-state index >= 15 is 0 Å². The molecule has 3 aromatic rings. The summed E-state index contributed by atoms with van der Waals surface area (Å²) in [7, 11) is 0. The molecule has 0 aliphatic heterocycles. The van der Waals surface area contributed by atoms with Crippen LogP contribution in [-0.4, -0.2) is 26.0 Å². The molecule has 0 bridgehead atoms. The van der Waals surface area contributed by atoms with E-state index in [1.54, 1.807) is 11.6 Å². The van der Waals surface area contributed by atoms with Gasteiger partial charge in [0.25, 0.3) is 0 Å². The number of hydrogen-bond acceptors (Lipinski definition) is 6. The van der Waals surface area contributed by atoms with E-state index in [0.717, 1.165) is 17.4 Å². The van der Waals surface area contributed by atoms with Crippen LogP contribution in [-0.2, 0) is 12.7 Å². The van der Waals surface area contributed by atoms with E-state index in [9.17, 15) is 17.6 Å². The zero-order chi connectivity index (χ0) is 19.6. The molecule has 0 unspecified atom stereocenters. The number of nitrogens with one attached hydrogen (secondary N) is 1. The van der Waals surface area contributed by atoms with Crippen molar-refractivity contribution in [3.05, 3.63) is 45.8 Å². The molecule has 0 saturated carbocycles. The molecule has 0 aromatic carbocycles. The maximum atomic E-state index is 13.2. The summed E-state index contributed by atoms with van der Waals surface area (Å²) in [5.41, 5.74) is 2.50. The molecular formula is C16H14F4N6S. The fraction of sp³-hybridized carbons (Fsp3) is 0.250. The average molecular weight is 398 g/mol. The van der Waals surface area contributed by atoms with Gasteiger partial charge in [-0.15, -0.1) is 11.3 Å². The van der Waals surface area contributed by atoms with E-state index in [0.29, 0.717) is 22.7 Å². The summed E-state index contributed by atoms with van der Waals surface area (Å²) in [6.45, 7) is 4.20. The van der Waals surface area contributed by atoms with Gasteiger partial charge in [-0.2, -0.15) is 27.8 Å². The Bertz CT molecular complexity index is 976. The van der Waals surface area contributed by atoms with Crippen LogP contribution in [0.15, 0.2) is 29.5 Å². The number of halogens is 4. The Morgan fingerprint density at radius 3 is 2.67 bits per heavy atom. The molecule has 0 aliphatic rings. The molecule has 0 atom stereocenters. The molecule has 0 radical (unpaired) electrons. The Balaban J connectivity index is 1.95. The molecule has 3 rings (SSSR count). The van der Waals surface area contributed by atoms with Crippen molar-refractivity contribution in [2.24, 2.45) is 5.10 Å². The molecule has 0 spiro atoms. The van der Waals surface area contributed by atoms with Gasteiger partial charge in [-0.05, 0) is 32.0 Å². The molecule has 3 heterocycles. The van der Waals surface area contributed by atoms with Crippen LogP contribution in [0.4, 0.5) is 23.5 Å². The molecule has 3 aromatic heterocycles. The molecule has 0 fully saturated rings. The predicted molar refractivity (Wildman–Crippen MR) is 94.2 cm³/mol. The van der Waals surface area contributed by atoms with Crippen molar-refractivity contribution >= 4 is 23.5 Å². The Kier molecular flexibility index (Phi) is 5.22. The highest BCUT2D eigenvalue weighted by molar-refractivity contribution is 7.12. The minimum atomic E-state index is -4.65. The third kappa shape index (κ3) is 4.30. The van der Waals surface area contributed by atoms with E-state index in [1.165, 1.54) is 24.5 Å². The third-order valence-electron chi connectivity index (χ3n) is 3.65. The van der Waals surface area contributed by atoms with Gasteiger partial charge in [0.05, 0.1) is 23.0 Å². The van der Waals surface area contributed by atoms with Gasteiger partial charge in [0.2, 0.25) is 5.95 Å². The highest BCUT2D eigenvalue weighted by atomic mass is 32.1. The number of alkyl halides is 3. The summed E-state index contributed by atoms with van der Waals surface area (Å²) in [5.74, 6) is -0.322. The van der Waals surface area contributed by atoms with Gasteiger partial charge in [0.15, 0.2) is 10.8 Å². The van der Waals surface area contributed by atoms with Crippen LogP contribution in [0.2, 0.25) is 0 Å². The van der Waals surface area contributed by atoms with E-state index in [-0.39, 0.29) is 11.6 Å². The van der Waals surface area contributed by atoms with Gasteiger partial charge in [0.1, 0.15) is 0 Å². The number of nitrogens with zero attached hydrogens (tertiary/aromatic N) is 5. The topological polar surface area (TPSA) is 68.0 Å². The number of anilines is 1. The van der Waals surface area contributed by atoms with E-state index < -0.39 is 17.0 Å². The second-order valence-electron chi connectivity index (χ2n) is 5.43. The molecule has 0 aliphatic carbocycles. The third-order valence-corrected chi connectivity index (χ3v) is 4.45. The maximum absolute atomic E-state index is 13.2. The Labute approximate surface area is 155 Å². The fourth-order valence-electron chi connectivity index (χ4n) is 2.35. The predicted octanol–water partition coefficient (Wildman–Crippen LogP) is 4.33. The number of rotatable bonds is 5. The summed E-state index contributed by atoms with van der Waals surface area (Å²) >= 11 is 0.850. The van der Waals surface area contributed by atoms with E-state index in [1.807, 2.05) is 6.92 Å². The highest BCUT2D eigenvalue weighted by Gasteiger charge is 2.34. The van der Waals surface area contributed by atoms with Gasteiger partial charge in [-0.25, -0.2) is 15.4 Å². The standard InChI is InChI=1S/C16H14F4N6S/c1-3-26-9(2)11(8-22-26)12-6-13(16(18,19)20)24-15(23-12)25-21-7-10-4-5-14(17)27-10/h4-8H,3H2,1-2H3,(H,23,24,25)/b21-7-. The first-order valence-electron chi connectivity index (χ1n) is 7.81. The molecule has 142 valence electrons. The first-order valence-corrected chi connectivity index (χ1v) is 8.63. The first kappa shape index (κ1) is 19.0. The lowest BCUT2D eigenvalue weighted by Gasteiger charge is -2.10. The lowest BCUT2D eigenvalue weighted by Crippen LogP contribution is -2.11. The van der Waals surface area contributed by atoms with Gasteiger partial charge in [-0.1, -0.05) is 0 Å². The number of hydrogen-bond donors (Lipinski definition) is 1. The molecule has 1 N–H and O–H groups in total. The maximum Gasteiger partial charge on any atom is 0.433 e. The second-order valence-corrected chi connectivity index (χ2v) is 6.50. The van der Waals surface area contributed by atoms with Crippen molar-refractivity contribution in [1.82, 2.24) is 19.7 Å². The Morgan fingerprint density at radius 1 is 1.30 bits per heavy atom. The zero-order valence-corrected chi connectivity index (χ0v) is 15.1.